The Hall–Kier alpha value is -3.70. The number of aromatic nitrogens is 6. The number of carbonyl (C=O) groups is 1. The Labute approximate surface area is 230 Å². The molecule has 0 unspecified atom stereocenters. The maximum atomic E-state index is 11.4. The highest BCUT2D eigenvalue weighted by atomic mass is 35.5. The van der Waals surface area contributed by atoms with E-state index < -0.39 is 0 Å². The Bertz CT molecular complexity index is 1580. The molecule has 11 nitrogen and oxygen atoms in total. The zero-order chi connectivity index (χ0) is 27.5. The normalized spacial score (nSPS) is 16.7. The minimum atomic E-state index is -0.222. The Balaban J connectivity index is 1.27. The van der Waals surface area contributed by atoms with E-state index in [-0.39, 0.29) is 11.3 Å². The van der Waals surface area contributed by atoms with E-state index in [1.165, 1.54) is 18.8 Å². The van der Waals surface area contributed by atoms with Gasteiger partial charge in [-0.05, 0) is 18.9 Å². The second-order valence-corrected chi connectivity index (χ2v) is 11.9. The molecule has 1 saturated heterocycles. The fourth-order valence-electron chi connectivity index (χ4n) is 5.29. The van der Waals surface area contributed by atoms with Crippen molar-refractivity contribution in [3.8, 4) is 11.5 Å². The van der Waals surface area contributed by atoms with Crippen LogP contribution in [-0.4, -0.2) is 48.4 Å². The van der Waals surface area contributed by atoms with E-state index in [0.717, 1.165) is 31.9 Å². The molecule has 1 spiro atoms. The summed E-state index contributed by atoms with van der Waals surface area (Å²) in [5.41, 5.74) is 2.55. The van der Waals surface area contributed by atoms with Gasteiger partial charge in [0.15, 0.2) is 17.2 Å². The van der Waals surface area contributed by atoms with Gasteiger partial charge in [-0.25, -0.2) is 9.97 Å². The number of aryl methyl sites for hydroxylation is 1. The lowest BCUT2D eigenvalue weighted by atomic mass is 9.64. The van der Waals surface area contributed by atoms with Crippen molar-refractivity contribution in [3.63, 3.8) is 0 Å². The number of rotatable bonds is 6. The van der Waals surface area contributed by atoms with Crippen LogP contribution in [0, 0.1) is 5.41 Å². The monoisotopic (exact) mass is 550 g/mol. The van der Waals surface area contributed by atoms with Gasteiger partial charge in [0.2, 0.25) is 11.9 Å². The van der Waals surface area contributed by atoms with Crippen LogP contribution in [0.1, 0.15) is 52.3 Å². The number of pyridine rings is 2. The molecule has 0 radical (unpaired) electrons. The van der Waals surface area contributed by atoms with Gasteiger partial charge in [-0.2, -0.15) is 10.1 Å². The molecular weight excluding hydrogens is 520 g/mol. The van der Waals surface area contributed by atoms with Crippen molar-refractivity contribution >= 4 is 46.3 Å². The number of nitrogens with zero attached hydrogens (tertiary/aromatic N) is 6. The maximum absolute atomic E-state index is 11.4. The predicted molar refractivity (Wildman–Crippen MR) is 148 cm³/mol. The topological polar surface area (TPSA) is 121 Å². The minimum Gasteiger partial charge on any atom is -0.454 e. The molecule has 4 aromatic rings. The first kappa shape index (κ1) is 25.6. The van der Waals surface area contributed by atoms with Gasteiger partial charge in [0.25, 0.3) is 0 Å². The van der Waals surface area contributed by atoms with E-state index in [2.05, 4.69) is 57.1 Å². The Kier molecular flexibility index (Phi) is 6.03. The zero-order valence-electron chi connectivity index (χ0n) is 22.6. The van der Waals surface area contributed by atoms with Crippen molar-refractivity contribution in [2.45, 2.75) is 52.0 Å². The van der Waals surface area contributed by atoms with E-state index in [9.17, 15) is 4.79 Å². The molecule has 6 rings (SSSR count). The summed E-state index contributed by atoms with van der Waals surface area (Å²) in [5, 5.41) is 11.3. The summed E-state index contributed by atoms with van der Waals surface area (Å²) in [5.74, 6) is 2.26. The highest BCUT2D eigenvalue weighted by Crippen LogP contribution is 2.53. The van der Waals surface area contributed by atoms with Crippen LogP contribution in [0.3, 0.4) is 0 Å². The molecular formula is C27H31ClN8O3. The molecule has 0 atom stereocenters. The summed E-state index contributed by atoms with van der Waals surface area (Å²) < 4.78 is 15.5. The lowest BCUT2D eigenvalue weighted by molar-refractivity contribution is -0.176. The Morgan fingerprint density at radius 1 is 1.21 bits per heavy atom. The number of ether oxygens (including phenoxy) is 2. The fourth-order valence-corrected chi connectivity index (χ4v) is 5.59. The molecule has 5 heterocycles. The number of amides is 1. The molecule has 204 valence electrons. The number of nitrogens with one attached hydrogen (secondary N) is 2. The molecule has 1 amide bonds. The molecule has 12 heteroatoms. The van der Waals surface area contributed by atoms with Crippen molar-refractivity contribution in [2.24, 2.45) is 12.5 Å². The average Bonchev–Trinajstić information content (AvgIpc) is 3.36. The number of halogens is 1. The Morgan fingerprint density at radius 2 is 1.97 bits per heavy atom. The van der Waals surface area contributed by atoms with Crippen molar-refractivity contribution < 1.29 is 14.3 Å². The molecule has 0 aromatic carbocycles. The first-order valence-electron chi connectivity index (χ1n) is 12.9. The summed E-state index contributed by atoms with van der Waals surface area (Å²) in [7, 11) is 1.87. The highest BCUT2D eigenvalue weighted by molar-refractivity contribution is 6.36. The second-order valence-electron chi connectivity index (χ2n) is 11.6. The maximum Gasteiger partial charge on any atom is 0.222 e. The van der Waals surface area contributed by atoms with Crippen LogP contribution in [0.2, 0.25) is 5.02 Å². The van der Waals surface area contributed by atoms with Crippen LogP contribution in [0.5, 0.6) is 11.5 Å². The number of hydrogen-bond donors (Lipinski definition) is 2. The number of imidazole rings is 1. The van der Waals surface area contributed by atoms with Crippen molar-refractivity contribution in [1.82, 2.24) is 29.3 Å². The van der Waals surface area contributed by atoms with Gasteiger partial charge in [0, 0.05) is 48.8 Å². The lowest BCUT2D eigenvalue weighted by Crippen LogP contribution is -2.53. The summed E-state index contributed by atoms with van der Waals surface area (Å²) >= 11 is 6.77. The van der Waals surface area contributed by atoms with E-state index >= 15 is 0 Å². The standard InChI is InChI=1S/C27H31ClN8O3/c1-15(37)31-20-8-17(6-7-29-20)39-18-12-30-24-23(22(18)28)35(5)25(33-24)32-21-9-19(26(2,3)4)36(34-21)16-10-27(11-16)13-38-14-27/h6-9,12,16H,10-11,13-14H2,1-5H3,(H,29,31,37)(H,30,32,33,34). The summed E-state index contributed by atoms with van der Waals surface area (Å²) in [6.07, 6.45) is 5.26. The molecule has 1 aliphatic heterocycles. The molecule has 2 aliphatic rings. The number of anilines is 3. The molecule has 1 saturated carbocycles. The summed E-state index contributed by atoms with van der Waals surface area (Å²) in [6.45, 7) is 9.74. The average molecular weight is 551 g/mol. The number of hydrogen-bond acceptors (Lipinski definition) is 8. The largest absolute Gasteiger partial charge is 0.454 e. The van der Waals surface area contributed by atoms with Crippen LogP contribution in [0.4, 0.5) is 17.6 Å². The summed E-state index contributed by atoms with van der Waals surface area (Å²) in [6, 6.07) is 5.76. The minimum absolute atomic E-state index is 0.0674. The fraction of sp³-hybridized carbons (Fsp3) is 0.444. The third-order valence-electron chi connectivity index (χ3n) is 7.31. The summed E-state index contributed by atoms with van der Waals surface area (Å²) in [4.78, 5) is 24.6. The van der Waals surface area contributed by atoms with Gasteiger partial charge in [-0.15, -0.1) is 0 Å². The Morgan fingerprint density at radius 3 is 2.64 bits per heavy atom. The van der Waals surface area contributed by atoms with Crippen molar-refractivity contribution in [3.05, 3.63) is 41.3 Å². The first-order valence-corrected chi connectivity index (χ1v) is 13.3. The molecule has 4 aromatic heterocycles. The van der Waals surface area contributed by atoms with Crippen LogP contribution < -0.4 is 15.4 Å². The number of carbonyl (C=O) groups excluding carboxylic acids is 1. The van der Waals surface area contributed by atoms with Gasteiger partial charge < -0.3 is 24.7 Å². The first-order chi connectivity index (χ1) is 18.5. The second kappa shape index (κ2) is 9.20. The van der Waals surface area contributed by atoms with Crippen LogP contribution >= 0.6 is 11.6 Å². The highest BCUT2D eigenvalue weighted by Gasteiger charge is 2.51. The van der Waals surface area contributed by atoms with Crippen LogP contribution in [0.15, 0.2) is 30.6 Å². The third-order valence-corrected chi connectivity index (χ3v) is 7.68. The van der Waals surface area contributed by atoms with Gasteiger partial charge >= 0.3 is 0 Å². The van der Waals surface area contributed by atoms with E-state index in [0.29, 0.717) is 50.9 Å². The smallest absolute Gasteiger partial charge is 0.222 e. The van der Waals surface area contributed by atoms with Crippen LogP contribution in [0.25, 0.3) is 11.2 Å². The van der Waals surface area contributed by atoms with Crippen LogP contribution in [-0.2, 0) is 22.0 Å². The van der Waals surface area contributed by atoms with Gasteiger partial charge in [-0.3, -0.25) is 9.48 Å². The SMILES string of the molecule is CC(=O)Nc1cc(Oc2cnc3nc(Nc4cc(C(C)(C)C)n(C5CC6(COC6)C5)n4)n(C)c3c2Cl)ccn1. The van der Waals surface area contributed by atoms with Crippen molar-refractivity contribution in [1.29, 1.82) is 0 Å². The van der Waals surface area contributed by atoms with E-state index in [1.54, 1.807) is 18.3 Å². The van der Waals surface area contributed by atoms with Gasteiger partial charge in [-0.1, -0.05) is 32.4 Å². The molecule has 2 N–H and O–H groups in total. The predicted octanol–water partition coefficient (Wildman–Crippen LogP) is 5.36. The van der Waals surface area contributed by atoms with E-state index in [4.69, 9.17) is 26.2 Å². The van der Waals surface area contributed by atoms with Gasteiger partial charge in [0.05, 0.1) is 25.5 Å². The lowest BCUT2D eigenvalue weighted by Gasteiger charge is -2.53. The molecule has 1 aliphatic carbocycles. The quantitative estimate of drug-likeness (QED) is 0.329. The molecule has 2 fully saturated rings. The molecule has 39 heavy (non-hydrogen) atoms. The zero-order valence-corrected chi connectivity index (χ0v) is 23.3. The van der Waals surface area contributed by atoms with Crippen molar-refractivity contribution in [2.75, 3.05) is 23.8 Å². The van der Waals surface area contributed by atoms with E-state index in [1.807, 2.05) is 11.6 Å². The molecule has 0 bridgehead atoms. The third kappa shape index (κ3) is 4.70. The van der Waals surface area contributed by atoms with Gasteiger partial charge in [0.1, 0.15) is 22.1 Å². The number of fused-ring (bicyclic) bond motifs is 1.